The Bertz CT molecular complexity index is 399. The van der Waals surface area contributed by atoms with Gasteiger partial charge in [-0.2, -0.15) is 0 Å². The molecule has 19 heavy (non-hydrogen) atoms. The lowest BCUT2D eigenvalue weighted by Crippen LogP contribution is -2.52. The molecule has 4 nitrogen and oxygen atoms in total. The zero-order chi connectivity index (χ0) is 13.9. The summed E-state index contributed by atoms with van der Waals surface area (Å²) < 4.78 is 11.4. The number of rotatable bonds is 5. The Labute approximate surface area is 116 Å². The summed E-state index contributed by atoms with van der Waals surface area (Å²) in [4.78, 5) is 2.43. The van der Waals surface area contributed by atoms with Crippen LogP contribution in [-0.4, -0.2) is 36.2 Å². The predicted octanol–water partition coefficient (Wildman–Crippen LogP) is 2.39. The highest BCUT2D eigenvalue weighted by Gasteiger charge is 2.30. The number of hydrogen-bond acceptors (Lipinski definition) is 4. The summed E-state index contributed by atoms with van der Waals surface area (Å²) in [5.41, 5.74) is 0.0847. The lowest BCUT2D eigenvalue weighted by molar-refractivity contribution is -0.0578. The van der Waals surface area contributed by atoms with Crippen molar-refractivity contribution in [2.45, 2.75) is 52.4 Å². The van der Waals surface area contributed by atoms with Crippen molar-refractivity contribution in [1.82, 2.24) is 10.2 Å². The fourth-order valence-corrected chi connectivity index (χ4v) is 2.28. The standard InChI is InChI=1S/C15H26N2O2/c1-12(2)16-9-13-5-6-14(19-13)10-17-7-8-18-11-15(17,3)4/h5-6,12,16H,7-11H2,1-4H3. The smallest absolute Gasteiger partial charge is 0.118 e. The zero-order valence-corrected chi connectivity index (χ0v) is 12.5. The van der Waals surface area contributed by atoms with Gasteiger partial charge in [0.05, 0.1) is 26.3 Å². The number of hydrogen-bond donors (Lipinski definition) is 1. The molecule has 2 rings (SSSR count). The minimum atomic E-state index is 0.0847. The van der Waals surface area contributed by atoms with Gasteiger partial charge in [-0.15, -0.1) is 0 Å². The molecule has 0 aliphatic carbocycles. The van der Waals surface area contributed by atoms with Gasteiger partial charge in [-0.3, -0.25) is 4.90 Å². The fraction of sp³-hybridized carbons (Fsp3) is 0.733. The third kappa shape index (κ3) is 4.06. The van der Waals surface area contributed by atoms with Crippen molar-refractivity contribution in [1.29, 1.82) is 0 Å². The highest BCUT2D eigenvalue weighted by molar-refractivity contribution is 5.08. The molecular weight excluding hydrogens is 240 g/mol. The van der Waals surface area contributed by atoms with Gasteiger partial charge >= 0.3 is 0 Å². The third-order valence-electron chi connectivity index (χ3n) is 3.57. The summed E-state index contributed by atoms with van der Waals surface area (Å²) in [5.74, 6) is 2.05. The maximum absolute atomic E-state index is 5.89. The minimum absolute atomic E-state index is 0.0847. The molecule has 1 aromatic heterocycles. The Kier molecular flexibility index (Phi) is 4.66. The highest BCUT2D eigenvalue weighted by Crippen LogP contribution is 2.22. The van der Waals surface area contributed by atoms with E-state index >= 15 is 0 Å². The Hall–Kier alpha value is -0.840. The van der Waals surface area contributed by atoms with E-state index in [-0.39, 0.29) is 5.54 Å². The first-order chi connectivity index (χ1) is 8.97. The van der Waals surface area contributed by atoms with Crippen LogP contribution in [0, 0.1) is 0 Å². The van der Waals surface area contributed by atoms with Crippen molar-refractivity contribution in [2.75, 3.05) is 19.8 Å². The van der Waals surface area contributed by atoms with E-state index in [9.17, 15) is 0 Å². The van der Waals surface area contributed by atoms with E-state index in [0.29, 0.717) is 6.04 Å². The number of furan rings is 1. The lowest BCUT2D eigenvalue weighted by atomic mass is 10.0. The van der Waals surface area contributed by atoms with Gasteiger partial charge in [0, 0.05) is 18.1 Å². The van der Waals surface area contributed by atoms with Gasteiger partial charge in [0.2, 0.25) is 0 Å². The SMILES string of the molecule is CC(C)NCc1ccc(CN2CCOCC2(C)C)o1. The van der Waals surface area contributed by atoms with Gasteiger partial charge in [0.25, 0.3) is 0 Å². The number of morpholine rings is 1. The van der Waals surface area contributed by atoms with Crippen molar-refractivity contribution in [3.8, 4) is 0 Å². The summed E-state index contributed by atoms with van der Waals surface area (Å²) in [7, 11) is 0. The first-order valence-corrected chi connectivity index (χ1v) is 7.11. The highest BCUT2D eigenvalue weighted by atomic mass is 16.5. The van der Waals surface area contributed by atoms with Crippen molar-refractivity contribution in [3.63, 3.8) is 0 Å². The van der Waals surface area contributed by atoms with Crippen LogP contribution < -0.4 is 5.32 Å². The number of nitrogens with one attached hydrogen (secondary N) is 1. The second-order valence-electron chi connectivity index (χ2n) is 6.19. The summed E-state index contributed by atoms with van der Waals surface area (Å²) in [6.07, 6.45) is 0. The van der Waals surface area contributed by atoms with Crippen LogP contribution in [0.4, 0.5) is 0 Å². The molecule has 0 aromatic carbocycles. The molecule has 1 aliphatic rings. The van der Waals surface area contributed by atoms with Gasteiger partial charge in [-0.05, 0) is 26.0 Å². The van der Waals surface area contributed by atoms with E-state index in [2.05, 4.69) is 50.0 Å². The van der Waals surface area contributed by atoms with E-state index in [1.54, 1.807) is 0 Å². The molecule has 0 spiro atoms. The van der Waals surface area contributed by atoms with E-state index in [1.165, 1.54) is 0 Å². The molecule has 0 saturated carbocycles. The second kappa shape index (κ2) is 6.07. The molecule has 0 amide bonds. The average Bonchev–Trinajstić information content (AvgIpc) is 2.77. The molecule has 1 aliphatic heterocycles. The van der Waals surface area contributed by atoms with Crippen LogP contribution >= 0.6 is 0 Å². The Morgan fingerprint density at radius 1 is 1.32 bits per heavy atom. The van der Waals surface area contributed by atoms with E-state index in [1.807, 2.05) is 0 Å². The molecular formula is C15H26N2O2. The van der Waals surface area contributed by atoms with Crippen LogP contribution in [0.5, 0.6) is 0 Å². The molecule has 4 heteroatoms. The van der Waals surface area contributed by atoms with Crippen LogP contribution in [-0.2, 0) is 17.8 Å². The van der Waals surface area contributed by atoms with Crippen molar-refractivity contribution >= 4 is 0 Å². The maximum atomic E-state index is 5.89. The summed E-state index contributed by atoms with van der Waals surface area (Å²) >= 11 is 0. The maximum Gasteiger partial charge on any atom is 0.118 e. The predicted molar refractivity (Wildman–Crippen MR) is 76.0 cm³/mol. The van der Waals surface area contributed by atoms with Crippen LogP contribution in [0.15, 0.2) is 16.5 Å². The molecule has 1 saturated heterocycles. The topological polar surface area (TPSA) is 37.6 Å². The Morgan fingerprint density at radius 2 is 2.05 bits per heavy atom. The Morgan fingerprint density at radius 3 is 2.74 bits per heavy atom. The van der Waals surface area contributed by atoms with Crippen molar-refractivity contribution in [3.05, 3.63) is 23.7 Å². The van der Waals surface area contributed by atoms with E-state index < -0.39 is 0 Å². The van der Waals surface area contributed by atoms with Gasteiger partial charge in [-0.25, -0.2) is 0 Å². The van der Waals surface area contributed by atoms with Crippen molar-refractivity contribution in [2.24, 2.45) is 0 Å². The van der Waals surface area contributed by atoms with Gasteiger partial charge in [0.15, 0.2) is 0 Å². The van der Waals surface area contributed by atoms with Crippen molar-refractivity contribution < 1.29 is 9.15 Å². The summed E-state index contributed by atoms with van der Waals surface area (Å²) in [6, 6.07) is 4.63. The molecule has 1 N–H and O–H groups in total. The molecule has 108 valence electrons. The van der Waals surface area contributed by atoms with E-state index in [0.717, 1.165) is 44.4 Å². The lowest BCUT2D eigenvalue weighted by Gasteiger charge is -2.41. The number of ether oxygens (including phenoxy) is 1. The monoisotopic (exact) mass is 266 g/mol. The molecule has 0 radical (unpaired) electrons. The zero-order valence-electron chi connectivity index (χ0n) is 12.5. The van der Waals surface area contributed by atoms with E-state index in [4.69, 9.17) is 9.15 Å². The van der Waals surface area contributed by atoms with Crippen LogP contribution in [0.25, 0.3) is 0 Å². The first kappa shape index (κ1) is 14.6. The molecule has 0 atom stereocenters. The molecule has 2 heterocycles. The molecule has 0 bridgehead atoms. The fourth-order valence-electron chi connectivity index (χ4n) is 2.28. The van der Waals surface area contributed by atoms with Gasteiger partial charge in [0.1, 0.15) is 11.5 Å². The third-order valence-corrected chi connectivity index (χ3v) is 3.57. The summed E-state index contributed by atoms with van der Waals surface area (Å²) in [6.45, 7) is 12.9. The first-order valence-electron chi connectivity index (χ1n) is 7.11. The largest absolute Gasteiger partial charge is 0.463 e. The van der Waals surface area contributed by atoms with Crippen LogP contribution in [0.3, 0.4) is 0 Å². The number of nitrogens with zero attached hydrogens (tertiary/aromatic N) is 1. The Balaban J connectivity index is 1.92. The molecule has 1 fully saturated rings. The van der Waals surface area contributed by atoms with Crippen LogP contribution in [0.1, 0.15) is 39.2 Å². The second-order valence-corrected chi connectivity index (χ2v) is 6.19. The minimum Gasteiger partial charge on any atom is -0.463 e. The van der Waals surface area contributed by atoms with Gasteiger partial charge < -0.3 is 14.5 Å². The molecule has 1 aromatic rings. The molecule has 0 unspecified atom stereocenters. The van der Waals surface area contributed by atoms with Crippen LogP contribution in [0.2, 0.25) is 0 Å². The quantitative estimate of drug-likeness (QED) is 0.888. The summed E-state index contributed by atoms with van der Waals surface area (Å²) in [5, 5.41) is 3.37. The van der Waals surface area contributed by atoms with Gasteiger partial charge in [-0.1, -0.05) is 13.8 Å². The average molecular weight is 266 g/mol. The normalized spacial score (nSPS) is 20.1.